The minimum atomic E-state index is -0.296. The van der Waals surface area contributed by atoms with Gasteiger partial charge >= 0.3 is 0 Å². The first-order valence-electron chi connectivity index (χ1n) is 4.28. The summed E-state index contributed by atoms with van der Waals surface area (Å²) in [6, 6.07) is 1.67. The van der Waals surface area contributed by atoms with Crippen molar-refractivity contribution in [3.8, 4) is 0 Å². The summed E-state index contributed by atoms with van der Waals surface area (Å²) in [6.07, 6.45) is 4.47. The number of carbonyl (C=O) groups excluding carboxylic acids is 1. The number of rotatable bonds is 2. The van der Waals surface area contributed by atoms with Gasteiger partial charge in [0.05, 0.1) is 17.4 Å². The average molecular weight is 302 g/mol. The maximum Gasteiger partial charge on any atom is 0.258 e. The van der Waals surface area contributed by atoms with Crippen molar-refractivity contribution in [2.75, 3.05) is 5.32 Å². The van der Waals surface area contributed by atoms with Crippen LogP contribution in [0.25, 0.3) is 0 Å². The van der Waals surface area contributed by atoms with Crippen LogP contribution < -0.4 is 5.32 Å². The lowest BCUT2D eigenvalue weighted by molar-refractivity contribution is 0.102. The summed E-state index contributed by atoms with van der Waals surface area (Å²) < 4.78 is 0.736. The normalized spacial score (nSPS) is 10.1. The van der Waals surface area contributed by atoms with E-state index in [9.17, 15) is 4.79 Å². The fourth-order valence-corrected chi connectivity index (χ4v) is 1.56. The molecule has 0 fully saturated rings. The van der Waals surface area contributed by atoms with Crippen LogP contribution in [0.3, 0.4) is 0 Å². The molecule has 16 heavy (non-hydrogen) atoms. The molecule has 0 unspecified atom stereocenters. The highest BCUT2D eigenvalue weighted by molar-refractivity contribution is 9.10. The Morgan fingerprint density at radius 2 is 2.31 bits per heavy atom. The van der Waals surface area contributed by atoms with Gasteiger partial charge in [-0.1, -0.05) is 11.6 Å². The Balaban J connectivity index is 2.21. The predicted molar refractivity (Wildman–Crippen MR) is 63.5 cm³/mol. The van der Waals surface area contributed by atoms with Gasteiger partial charge in [0.1, 0.15) is 0 Å². The number of amides is 1. The number of aromatic nitrogens is 3. The van der Waals surface area contributed by atoms with Gasteiger partial charge in [0.15, 0.2) is 5.15 Å². The topological polar surface area (TPSA) is 70.7 Å². The number of nitrogens with one attached hydrogen (secondary N) is 2. The Bertz CT molecular complexity index is 514. The van der Waals surface area contributed by atoms with Gasteiger partial charge in [0, 0.05) is 16.9 Å². The van der Waals surface area contributed by atoms with E-state index >= 15 is 0 Å². The number of pyridine rings is 1. The Hall–Kier alpha value is -1.40. The zero-order valence-electron chi connectivity index (χ0n) is 7.87. The first-order valence-corrected chi connectivity index (χ1v) is 5.45. The minimum Gasteiger partial charge on any atom is -0.319 e. The SMILES string of the molecule is O=C(Nc1cc(Br)cnc1Cl)c1cn[nH]c1. The summed E-state index contributed by atoms with van der Waals surface area (Å²) in [5, 5.41) is 9.10. The van der Waals surface area contributed by atoms with Crippen molar-refractivity contribution in [3.05, 3.63) is 39.8 Å². The van der Waals surface area contributed by atoms with Crippen LogP contribution >= 0.6 is 27.5 Å². The highest BCUT2D eigenvalue weighted by Gasteiger charge is 2.10. The molecular formula is C9H6BrClN4O. The molecule has 2 heterocycles. The molecule has 0 aliphatic rings. The van der Waals surface area contributed by atoms with Crippen LogP contribution in [0.1, 0.15) is 10.4 Å². The number of aromatic amines is 1. The van der Waals surface area contributed by atoms with Gasteiger partial charge < -0.3 is 5.32 Å². The fourth-order valence-electron chi connectivity index (χ4n) is 1.08. The lowest BCUT2D eigenvalue weighted by Gasteiger charge is -2.05. The highest BCUT2D eigenvalue weighted by atomic mass is 79.9. The number of hydrogen-bond donors (Lipinski definition) is 2. The van der Waals surface area contributed by atoms with Gasteiger partial charge in [-0.25, -0.2) is 4.98 Å². The molecule has 1 amide bonds. The van der Waals surface area contributed by atoms with Crippen LogP contribution in [0.2, 0.25) is 5.15 Å². The molecule has 0 spiro atoms. The third-order valence-corrected chi connectivity index (χ3v) is 2.55. The Kier molecular flexibility index (Phi) is 3.21. The maximum atomic E-state index is 11.7. The fraction of sp³-hybridized carbons (Fsp3) is 0. The molecule has 2 rings (SSSR count). The average Bonchev–Trinajstić information content (AvgIpc) is 2.76. The zero-order chi connectivity index (χ0) is 11.5. The van der Waals surface area contributed by atoms with Crippen LogP contribution in [0.5, 0.6) is 0 Å². The van der Waals surface area contributed by atoms with E-state index in [1.54, 1.807) is 12.3 Å². The molecule has 2 aromatic rings. The van der Waals surface area contributed by atoms with Crippen LogP contribution in [0.15, 0.2) is 29.1 Å². The molecule has 82 valence electrons. The first-order chi connectivity index (χ1) is 7.66. The summed E-state index contributed by atoms with van der Waals surface area (Å²) >= 11 is 9.08. The van der Waals surface area contributed by atoms with E-state index in [1.165, 1.54) is 12.4 Å². The highest BCUT2D eigenvalue weighted by Crippen LogP contribution is 2.23. The minimum absolute atomic E-state index is 0.236. The summed E-state index contributed by atoms with van der Waals surface area (Å²) in [6.45, 7) is 0. The Morgan fingerprint density at radius 3 is 3.00 bits per heavy atom. The molecule has 2 N–H and O–H groups in total. The van der Waals surface area contributed by atoms with Gasteiger partial charge in [-0.2, -0.15) is 5.10 Å². The number of H-pyrrole nitrogens is 1. The predicted octanol–water partition coefficient (Wildman–Crippen LogP) is 2.47. The molecule has 0 aliphatic carbocycles. The Morgan fingerprint density at radius 1 is 1.50 bits per heavy atom. The zero-order valence-corrected chi connectivity index (χ0v) is 10.2. The van der Waals surface area contributed by atoms with Crippen LogP contribution in [-0.2, 0) is 0 Å². The smallest absolute Gasteiger partial charge is 0.258 e. The molecule has 0 aliphatic heterocycles. The third-order valence-electron chi connectivity index (χ3n) is 1.81. The molecule has 7 heteroatoms. The van der Waals surface area contributed by atoms with Gasteiger partial charge in [-0.3, -0.25) is 9.89 Å². The van der Waals surface area contributed by atoms with Gasteiger partial charge in [0.25, 0.3) is 5.91 Å². The lowest BCUT2D eigenvalue weighted by Crippen LogP contribution is -2.11. The Labute approximate surface area is 104 Å². The maximum absolute atomic E-state index is 11.7. The molecule has 5 nitrogen and oxygen atoms in total. The third kappa shape index (κ3) is 2.40. The molecule has 2 aromatic heterocycles. The van der Waals surface area contributed by atoms with Gasteiger partial charge in [0.2, 0.25) is 0 Å². The van der Waals surface area contributed by atoms with E-state index in [0.717, 1.165) is 4.47 Å². The van der Waals surface area contributed by atoms with Crippen LogP contribution in [0, 0.1) is 0 Å². The summed E-state index contributed by atoms with van der Waals surface area (Å²) in [4.78, 5) is 15.6. The summed E-state index contributed by atoms with van der Waals surface area (Å²) in [7, 11) is 0. The van der Waals surface area contributed by atoms with E-state index in [2.05, 4.69) is 36.4 Å². The number of carbonyl (C=O) groups is 1. The molecular weight excluding hydrogens is 295 g/mol. The van der Waals surface area contributed by atoms with Crippen LogP contribution in [0.4, 0.5) is 5.69 Å². The van der Waals surface area contributed by atoms with E-state index < -0.39 is 0 Å². The second-order valence-corrected chi connectivity index (χ2v) is 4.21. The monoisotopic (exact) mass is 300 g/mol. The van der Waals surface area contributed by atoms with Crippen molar-refractivity contribution < 1.29 is 4.79 Å². The number of anilines is 1. The van der Waals surface area contributed by atoms with Crippen molar-refractivity contribution in [2.24, 2.45) is 0 Å². The molecule has 0 saturated carbocycles. The number of halogens is 2. The standard InChI is InChI=1S/C9H6BrClN4O/c10-6-1-7(8(11)12-4-6)15-9(16)5-2-13-14-3-5/h1-4H,(H,13,14)(H,15,16). The van der Waals surface area contributed by atoms with E-state index in [0.29, 0.717) is 11.3 Å². The summed E-state index contributed by atoms with van der Waals surface area (Å²) in [5.74, 6) is -0.296. The van der Waals surface area contributed by atoms with Crippen molar-refractivity contribution >= 4 is 39.1 Å². The van der Waals surface area contributed by atoms with Gasteiger partial charge in [-0.05, 0) is 22.0 Å². The number of nitrogens with zero attached hydrogens (tertiary/aromatic N) is 2. The van der Waals surface area contributed by atoms with E-state index in [1.807, 2.05) is 0 Å². The van der Waals surface area contributed by atoms with Crippen molar-refractivity contribution in [2.45, 2.75) is 0 Å². The summed E-state index contributed by atoms with van der Waals surface area (Å²) in [5.41, 5.74) is 0.873. The lowest BCUT2D eigenvalue weighted by atomic mass is 10.3. The van der Waals surface area contributed by atoms with E-state index in [-0.39, 0.29) is 11.1 Å². The second-order valence-electron chi connectivity index (χ2n) is 2.93. The first kappa shape index (κ1) is 11.1. The largest absolute Gasteiger partial charge is 0.319 e. The van der Waals surface area contributed by atoms with Crippen molar-refractivity contribution in [1.82, 2.24) is 15.2 Å². The number of hydrogen-bond acceptors (Lipinski definition) is 3. The molecule has 0 bridgehead atoms. The second kappa shape index (κ2) is 4.63. The quantitative estimate of drug-likeness (QED) is 0.837. The van der Waals surface area contributed by atoms with Crippen LogP contribution in [-0.4, -0.2) is 21.1 Å². The van der Waals surface area contributed by atoms with Gasteiger partial charge in [-0.15, -0.1) is 0 Å². The van der Waals surface area contributed by atoms with Crippen molar-refractivity contribution in [3.63, 3.8) is 0 Å². The van der Waals surface area contributed by atoms with Crippen molar-refractivity contribution in [1.29, 1.82) is 0 Å². The molecule has 0 atom stereocenters. The molecule has 0 radical (unpaired) electrons. The molecule has 0 aromatic carbocycles. The van der Waals surface area contributed by atoms with E-state index in [4.69, 9.17) is 11.6 Å². The molecule has 0 saturated heterocycles.